The van der Waals surface area contributed by atoms with Crippen LogP contribution in [0.3, 0.4) is 0 Å². The van der Waals surface area contributed by atoms with E-state index in [1.165, 1.54) is 24.2 Å². The van der Waals surface area contributed by atoms with Crippen LogP contribution in [0.4, 0.5) is 5.69 Å². The normalized spacial score (nSPS) is 10.2. The average molecular weight is 422 g/mol. The Bertz CT molecular complexity index is 913. The van der Waals surface area contributed by atoms with Crippen LogP contribution in [0.15, 0.2) is 52.1 Å². The molecule has 0 aliphatic carbocycles. The van der Waals surface area contributed by atoms with Gasteiger partial charge >= 0.3 is 0 Å². The molecule has 0 atom stereocenters. The molecule has 0 aliphatic heterocycles. The van der Waals surface area contributed by atoms with Crippen molar-refractivity contribution in [2.45, 2.75) is 11.8 Å². The van der Waals surface area contributed by atoms with Gasteiger partial charge in [-0.05, 0) is 59.5 Å². The second-order valence-electron chi connectivity index (χ2n) is 4.92. The van der Waals surface area contributed by atoms with Gasteiger partial charge in [-0.1, -0.05) is 6.07 Å². The van der Waals surface area contributed by atoms with Crippen LogP contribution >= 0.6 is 27.9 Å². The highest BCUT2D eigenvalue weighted by Gasteiger charge is 2.08. The van der Waals surface area contributed by atoms with E-state index in [1.807, 2.05) is 29.7 Å². The quantitative estimate of drug-likeness (QED) is 0.284. The molecule has 0 amide bonds. The van der Waals surface area contributed by atoms with Gasteiger partial charge in [0.15, 0.2) is 0 Å². The summed E-state index contributed by atoms with van der Waals surface area (Å²) in [6.07, 6.45) is 4.85. The standard InChI is InChI=1S/C8H6BrN3.C8H10N2O2S/c9-6-1-2-8-11-4-7(3-10)12(8)5-6;1-6-3-4-7(10(11)12)5-8(6)13-9-2/h1-5,10H;3-5,9H,1-2H3. The molecule has 130 valence electrons. The zero-order valence-corrected chi connectivity index (χ0v) is 16.0. The number of benzene rings is 1. The highest BCUT2D eigenvalue weighted by Crippen LogP contribution is 2.24. The number of rotatable bonds is 4. The van der Waals surface area contributed by atoms with Crippen molar-refractivity contribution in [1.29, 1.82) is 5.41 Å². The Hall–Kier alpha value is -2.23. The van der Waals surface area contributed by atoms with Crippen molar-refractivity contribution in [3.05, 3.63) is 68.6 Å². The highest BCUT2D eigenvalue weighted by molar-refractivity contribution is 9.10. The van der Waals surface area contributed by atoms with E-state index in [9.17, 15) is 10.1 Å². The second-order valence-corrected chi connectivity index (χ2v) is 6.88. The minimum Gasteiger partial charge on any atom is -0.307 e. The SMILES string of the molecule is CNSc1cc([N+](=O)[O-])ccc1C.N=Cc1cnc2ccc(Br)cn12. The topological polar surface area (TPSA) is 96.3 Å². The Labute approximate surface area is 157 Å². The van der Waals surface area contributed by atoms with Gasteiger partial charge in [-0.2, -0.15) is 0 Å². The van der Waals surface area contributed by atoms with Crippen LogP contribution in [-0.2, 0) is 0 Å². The smallest absolute Gasteiger partial charge is 0.270 e. The van der Waals surface area contributed by atoms with Gasteiger partial charge in [-0.25, -0.2) is 4.98 Å². The molecule has 3 aromatic rings. The van der Waals surface area contributed by atoms with Crippen molar-refractivity contribution >= 4 is 45.4 Å². The summed E-state index contributed by atoms with van der Waals surface area (Å²) < 4.78 is 5.73. The Morgan fingerprint density at radius 2 is 2.16 bits per heavy atom. The largest absolute Gasteiger partial charge is 0.307 e. The fourth-order valence-electron chi connectivity index (χ4n) is 2.00. The maximum absolute atomic E-state index is 10.4. The van der Waals surface area contributed by atoms with Crippen LogP contribution in [0.2, 0.25) is 0 Å². The van der Waals surface area contributed by atoms with Crippen LogP contribution in [0, 0.1) is 22.4 Å². The minimum atomic E-state index is -0.390. The summed E-state index contributed by atoms with van der Waals surface area (Å²) in [5, 5.41) is 17.6. The van der Waals surface area contributed by atoms with Gasteiger partial charge in [0.1, 0.15) is 5.65 Å². The predicted molar refractivity (Wildman–Crippen MR) is 104 cm³/mol. The summed E-state index contributed by atoms with van der Waals surface area (Å²) in [4.78, 5) is 15.1. The van der Waals surface area contributed by atoms with Gasteiger partial charge in [0, 0.05) is 33.9 Å². The summed E-state index contributed by atoms with van der Waals surface area (Å²) in [5.74, 6) is 0. The first-order chi connectivity index (χ1) is 12.0. The molecule has 1 aromatic carbocycles. The number of pyridine rings is 1. The highest BCUT2D eigenvalue weighted by atomic mass is 79.9. The number of halogens is 1. The molecule has 2 aromatic heterocycles. The first-order valence-electron chi connectivity index (χ1n) is 7.18. The number of nitrogens with zero attached hydrogens (tertiary/aromatic N) is 3. The first-order valence-corrected chi connectivity index (χ1v) is 8.79. The predicted octanol–water partition coefficient (Wildman–Crippen LogP) is 4.22. The van der Waals surface area contributed by atoms with Crippen LogP contribution in [0.5, 0.6) is 0 Å². The summed E-state index contributed by atoms with van der Waals surface area (Å²) >= 11 is 4.74. The average Bonchev–Trinajstić information content (AvgIpc) is 2.99. The number of non-ortho nitro benzene ring substituents is 1. The number of nitro benzene ring substituents is 1. The molecular weight excluding hydrogens is 406 g/mol. The van der Waals surface area contributed by atoms with Crippen molar-refractivity contribution in [2.24, 2.45) is 0 Å². The molecule has 0 unspecified atom stereocenters. The van der Waals surface area contributed by atoms with Crippen molar-refractivity contribution in [2.75, 3.05) is 7.05 Å². The van der Waals surface area contributed by atoms with Gasteiger partial charge in [0.25, 0.3) is 5.69 Å². The van der Waals surface area contributed by atoms with Crippen molar-refractivity contribution in [1.82, 2.24) is 14.1 Å². The lowest BCUT2D eigenvalue weighted by Gasteiger charge is -2.02. The molecule has 3 rings (SSSR count). The molecular formula is C16H16BrN5O2S. The zero-order valence-electron chi connectivity index (χ0n) is 13.6. The summed E-state index contributed by atoms with van der Waals surface area (Å²) in [7, 11) is 1.78. The molecule has 0 fully saturated rings. The van der Waals surface area contributed by atoms with Gasteiger partial charge < -0.3 is 5.41 Å². The van der Waals surface area contributed by atoms with E-state index in [-0.39, 0.29) is 10.6 Å². The maximum Gasteiger partial charge on any atom is 0.270 e. The van der Waals surface area contributed by atoms with E-state index in [1.54, 1.807) is 25.4 Å². The summed E-state index contributed by atoms with van der Waals surface area (Å²) in [5.41, 5.74) is 2.80. The number of nitrogens with one attached hydrogen (secondary N) is 2. The number of imidazole rings is 1. The lowest BCUT2D eigenvalue weighted by molar-refractivity contribution is -0.385. The lowest BCUT2D eigenvalue weighted by atomic mass is 10.2. The Kier molecular flexibility index (Phi) is 6.68. The summed E-state index contributed by atoms with van der Waals surface area (Å²) in [6.45, 7) is 1.92. The first kappa shape index (κ1) is 19.1. The number of aromatic nitrogens is 2. The van der Waals surface area contributed by atoms with Crippen molar-refractivity contribution in [3.63, 3.8) is 0 Å². The van der Waals surface area contributed by atoms with Crippen LogP contribution < -0.4 is 4.72 Å². The van der Waals surface area contributed by atoms with Crippen molar-refractivity contribution in [3.8, 4) is 0 Å². The zero-order chi connectivity index (χ0) is 18.4. The number of aryl methyl sites for hydroxylation is 1. The molecule has 0 bridgehead atoms. The Morgan fingerprint density at radius 3 is 2.80 bits per heavy atom. The number of hydrogen-bond donors (Lipinski definition) is 2. The molecule has 0 spiro atoms. The monoisotopic (exact) mass is 421 g/mol. The third-order valence-corrected chi connectivity index (χ3v) is 4.57. The van der Waals surface area contributed by atoms with Crippen LogP contribution in [0.1, 0.15) is 11.3 Å². The lowest BCUT2D eigenvalue weighted by Crippen LogP contribution is -1.94. The molecule has 0 aliphatic rings. The molecule has 7 nitrogen and oxygen atoms in total. The molecule has 2 heterocycles. The van der Waals surface area contributed by atoms with Gasteiger partial charge in [0.2, 0.25) is 0 Å². The summed E-state index contributed by atoms with van der Waals surface area (Å²) in [6, 6.07) is 8.65. The van der Waals surface area contributed by atoms with E-state index < -0.39 is 0 Å². The molecule has 9 heteroatoms. The van der Waals surface area contributed by atoms with E-state index in [2.05, 4.69) is 25.6 Å². The van der Waals surface area contributed by atoms with E-state index in [0.29, 0.717) is 0 Å². The molecule has 0 radical (unpaired) electrons. The fourth-order valence-corrected chi connectivity index (χ4v) is 2.97. The maximum atomic E-state index is 10.4. The fraction of sp³-hybridized carbons (Fsp3) is 0.125. The number of nitro groups is 1. The number of hydrogen-bond acceptors (Lipinski definition) is 6. The molecule has 25 heavy (non-hydrogen) atoms. The third kappa shape index (κ3) is 4.88. The third-order valence-electron chi connectivity index (χ3n) is 3.24. The minimum absolute atomic E-state index is 0.128. The van der Waals surface area contributed by atoms with Crippen molar-refractivity contribution < 1.29 is 4.92 Å². The molecule has 0 saturated carbocycles. The molecule has 0 saturated heterocycles. The Morgan fingerprint density at radius 1 is 1.40 bits per heavy atom. The van der Waals surface area contributed by atoms with Crippen LogP contribution in [-0.4, -0.2) is 27.6 Å². The van der Waals surface area contributed by atoms with E-state index in [0.717, 1.165) is 26.3 Å². The van der Waals surface area contributed by atoms with E-state index >= 15 is 0 Å². The second kappa shape index (κ2) is 8.75. The van der Waals surface area contributed by atoms with E-state index in [4.69, 9.17) is 5.41 Å². The Balaban J connectivity index is 0.000000181. The number of fused-ring (bicyclic) bond motifs is 1. The van der Waals surface area contributed by atoms with Gasteiger partial charge in [0.05, 0.1) is 16.8 Å². The van der Waals surface area contributed by atoms with Crippen LogP contribution in [0.25, 0.3) is 5.65 Å². The molecule has 2 N–H and O–H groups in total. The van der Waals surface area contributed by atoms with Gasteiger partial charge in [-0.15, -0.1) is 0 Å². The van der Waals surface area contributed by atoms with Gasteiger partial charge in [-0.3, -0.25) is 19.2 Å².